The maximum atomic E-state index is 2.54. The molecule has 0 spiro atoms. The summed E-state index contributed by atoms with van der Waals surface area (Å²) in [6.07, 6.45) is 0. The lowest BCUT2D eigenvalue weighted by molar-refractivity contribution is 0.590. The minimum Gasteiger partial charge on any atom is -0.310 e. The molecular formula is C62H53N. The Hall–Kier alpha value is -6.96. The monoisotopic (exact) mass is 811 g/mol. The summed E-state index contributed by atoms with van der Waals surface area (Å²) in [6, 6.07) is 66.3. The number of hydrogen-bond donors (Lipinski definition) is 0. The predicted molar refractivity (Wildman–Crippen MR) is 272 cm³/mol. The zero-order valence-electron chi connectivity index (χ0n) is 37.7. The van der Waals surface area contributed by atoms with Gasteiger partial charge in [-0.15, -0.1) is 0 Å². The van der Waals surface area contributed by atoms with E-state index in [9.17, 15) is 0 Å². The maximum Gasteiger partial charge on any atom is 0.0465 e. The molecule has 0 atom stereocenters. The zero-order valence-corrected chi connectivity index (χ0v) is 37.7. The fraction of sp³-hybridized carbons (Fsp3) is 0.161. The van der Waals surface area contributed by atoms with Crippen LogP contribution in [0.1, 0.15) is 68.0 Å². The molecule has 0 fully saturated rings. The minimum absolute atomic E-state index is 0.123. The lowest BCUT2D eigenvalue weighted by Crippen LogP contribution is -2.17. The number of para-hydroxylation sites is 2. The van der Waals surface area contributed by atoms with E-state index in [1.54, 1.807) is 0 Å². The summed E-state index contributed by atoms with van der Waals surface area (Å²) < 4.78 is 0. The fourth-order valence-electron chi connectivity index (χ4n) is 11.1. The highest BCUT2D eigenvalue weighted by molar-refractivity contribution is 6.31. The van der Waals surface area contributed by atoms with Crippen LogP contribution in [-0.2, 0) is 10.8 Å². The van der Waals surface area contributed by atoms with Gasteiger partial charge in [0.25, 0.3) is 0 Å². The lowest BCUT2D eigenvalue weighted by Gasteiger charge is -2.29. The second-order valence-corrected chi connectivity index (χ2v) is 19.6. The molecule has 0 bridgehead atoms. The Kier molecular flexibility index (Phi) is 8.83. The highest BCUT2D eigenvalue weighted by Crippen LogP contribution is 2.58. The molecule has 63 heavy (non-hydrogen) atoms. The third-order valence-electron chi connectivity index (χ3n) is 14.0. The third-order valence-corrected chi connectivity index (χ3v) is 14.0. The van der Waals surface area contributed by atoms with Gasteiger partial charge >= 0.3 is 0 Å². The van der Waals surface area contributed by atoms with Crippen LogP contribution in [0.25, 0.3) is 76.8 Å². The molecule has 0 saturated carbocycles. The molecule has 1 aliphatic rings. The molecule has 1 heteroatoms. The Morgan fingerprint density at radius 2 is 1.02 bits per heavy atom. The van der Waals surface area contributed by atoms with Gasteiger partial charge in [-0.1, -0.05) is 162 Å². The van der Waals surface area contributed by atoms with E-state index in [0.717, 1.165) is 17.1 Å². The second-order valence-electron chi connectivity index (χ2n) is 19.6. The second kappa shape index (κ2) is 14.3. The Bertz CT molecular complexity index is 3320. The molecule has 0 unspecified atom stereocenters. The van der Waals surface area contributed by atoms with Crippen molar-refractivity contribution in [3.8, 4) is 44.5 Å². The normalized spacial score (nSPS) is 13.2. The molecule has 0 aromatic heterocycles. The summed E-state index contributed by atoms with van der Waals surface area (Å²) in [5.74, 6) is 0. The number of anilines is 3. The molecular weight excluding hydrogens is 759 g/mol. The molecule has 0 aliphatic heterocycles. The van der Waals surface area contributed by atoms with Crippen LogP contribution in [0.5, 0.6) is 0 Å². The van der Waals surface area contributed by atoms with Gasteiger partial charge in [0.15, 0.2) is 0 Å². The van der Waals surface area contributed by atoms with Gasteiger partial charge in [-0.3, -0.25) is 0 Å². The standard InChI is InChI=1S/C62H53N/c1-38-32-39(2)56(40(3)33-38)45-35-53-52(43-24-22-41(23-25-43)42-26-28-46(29-27-42)61(4,5)6)34-44-16-15-21-51-57(44)58(53)54(36-45)60-59(51)50-31-30-49(37-55(50)62(60,7)8)63(47-17-11-9-12-18-47)48-19-13-10-14-20-48/h9-37H,1-8H3. The molecule has 0 radical (unpaired) electrons. The SMILES string of the molecule is Cc1cc(C)c(-c2cc3c(-c4ccc(-c5ccc(C(C)(C)C)cc5)cc4)cc4cccc5c6c(c(c2)c3c45)C(C)(C)c2cc(N(c3ccccc3)c3ccccc3)ccc2-6)c(C)c1. The molecule has 306 valence electrons. The number of benzene rings is 10. The van der Waals surface area contributed by atoms with E-state index in [0.29, 0.717) is 0 Å². The van der Waals surface area contributed by atoms with Crippen molar-refractivity contribution in [1.29, 1.82) is 0 Å². The van der Waals surface area contributed by atoms with Gasteiger partial charge in [0.2, 0.25) is 0 Å². The zero-order chi connectivity index (χ0) is 43.4. The molecule has 1 aliphatic carbocycles. The largest absolute Gasteiger partial charge is 0.310 e. The number of hydrogen-bond acceptors (Lipinski definition) is 1. The van der Waals surface area contributed by atoms with Crippen molar-refractivity contribution < 1.29 is 0 Å². The van der Waals surface area contributed by atoms with Crippen molar-refractivity contribution in [2.75, 3.05) is 4.90 Å². The van der Waals surface area contributed by atoms with Crippen LogP contribution in [0.2, 0.25) is 0 Å². The Morgan fingerprint density at radius 3 is 1.63 bits per heavy atom. The highest BCUT2D eigenvalue weighted by Gasteiger charge is 2.40. The van der Waals surface area contributed by atoms with Crippen molar-refractivity contribution in [2.45, 2.75) is 66.2 Å². The minimum atomic E-state index is -0.289. The van der Waals surface area contributed by atoms with E-state index < -0.39 is 0 Å². The van der Waals surface area contributed by atoms with Crippen LogP contribution in [0, 0.1) is 20.8 Å². The van der Waals surface area contributed by atoms with Crippen molar-refractivity contribution in [3.63, 3.8) is 0 Å². The van der Waals surface area contributed by atoms with Crippen molar-refractivity contribution in [2.24, 2.45) is 0 Å². The highest BCUT2D eigenvalue weighted by atomic mass is 15.1. The van der Waals surface area contributed by atoms with Crippen molar-refractivity contribution in [3.05, 3.63) is 209 Å². The summed E-state index contributed by atoms with van der Waals surface area (Å²) in [5.41, 5.74) is 21.6. The van der Waals surface area contributed by atoms with Crippen LogP contribution in [-0.4, -0.2) is 0 Å². The van der Waals surface area contributed by atoms with Gasteiger partial charge in [0.05, 0.1) is 0 Å². The van der Waals surface area contributed by atoms with Gasteiger partial charge < -0.3 is 4.90 Å². The van der Waals surface area contributed by atoms with Crippen LogP contribution >= 0.6 is 0 Å². The topological polar surface area (TPSA) is 3.24 Å². The van der Waals surface area contributed by atoms with E-state index in [-0.39, 0.29) is 10.8 Å². The Balaban J connectivity index is 1.16. The Morgan fingerprint density at radius 1 is 0.429 bits per heavy atom. The smallest absolute Gasteiger partial charge is 0.0465 e. The summed E-state index contributed by atoms with van der Waals surface area (Å²) in [7, 11) is 0. The van der Waals surface area contributed by atoms with Gasteiger partial charge in [-0.25, -0.2) is 0 Å². The van der Waals surface area contributed by atoms with Gasteiger partial charge in [-0.05, 0) is 185 Å². The quantitative estimate of drug-likeness (QED) is 0.151. The van der Waals surface area contributed by atoms with Gasteiger partial charge in [0, 0.05) is 22.5 Å². The maximum absolute atomic E-state index is 2.54. The first-order chi connectivity index (χ1) is 30.4. The molecule has 10 aromatic rings. The molecule has 0 saturated heterocycles. The molecule has 1 nitrogen and oxygen atoms in total. The summed E-state index contributed by atoms with van der Waals surface area (Å²) in [5, 5.41) is 7.99. The first kappa shape index (κ1) is 38.9. The van der Waals surface area contributed by atoms with E-state index in [1.807, 2.05) is 0 Å². The average Bonchev–Trinajstić information content (AvgIpc) is 3.52. The molecule has 0 amide bonds. The first-order valence-electron chi connectivity index (χ1n) is 22.5. The fourth-order valence-corrected chi connectivity index (χ4v) is 11.1. The number of rotatable bonds is 6. The third kappa shape index (κ3) is 6.20. The number of aryl methyl sites for hydroxylation is 3. The molecule has 10 aromatic carbocycles. The van der Waals surface area contributed by atoms with Gasteiger partial charge in [0.1, 0.15) is 0 Å². The molecule has 0 N–H and O–H groups in total. The van der Waals surface area contributed by atoms with E-state index in [1.165, 1.54) is 110 Å². The summed E-state index contributed by atoms with van der Waals surface area (Å²) in [4.78, 5) is 2.39. The predicted octanol–water partition coefficient (Wildman–Crippen LogP) is 17.6. The average molecular weight is 812 g/mol. The van der Waals surface area contributed by atoms with Crippen LogP contribution < -0.4 is 4.90 Å². The van der Waals surface area contributed by atoms with Crippen molar-refractivity contribution >= 4 is 49.4 Å². The van der Waals surface area contributed by atoms with E-state index in [4.69, 9.17) is 0 Å². The summed E-state index contributed by atoms with van der Waals surface area (Å²) in [6.45, 7) is 18.5. The van der Waals surface area contributed by atoms with Crippen LogP contribution in [0.3, 0.4) is 0 Å². The van der Waals surface area contributed by atoms with Crippen molar-refractivity contribution in [1.82, 2.24) is 0 Å². The number of fused-ring (bicyclic) bond motifs is 5. The van der Waals surface area contributed by atoms with E-state index >= 15 is 0 Å². The lowest BCUT2D eigenvalue weighted by atomic mass is 9.76. The number of nitrogens with zero attached hydrogens (tertiary/aromatic N) is 1. The van der Waals surface area contributed by atoms with Crippen LogP contribution in [0.15, 0.2) is 176 Å². The molecule has 11 rings (SSSR count). The molecule has 0 heterocycles. The Labute approximate surface area is 372 Å². The van der Waals surface area contributed by atoms with Gasteiger partial charge in [-0.2, -0.15) is 0 Å². The first-order valence-corrected chi connectivity index (χ1v) is 22.5. The van der Waals surface area contributed by atoms with E-state index in [2.05, 4.69) is 236 Å². The van der Waals surface area contributed by atoms with Crippen LogP contribution in [0.4, 0.5) is 17.1 Å². The summed E-state index contributed by atoms with van der Waals surface area (Å²) >= 11 is 0.